The Morgan fingerprint density at radius 3 is 1.83 bits per heavy atom. The summed E-state index contributed by atoms with van der Waals surface area (Å²) in [6.07, 6.45) is 4.91. The molecule has 268 valence electrons. The lowest BCUT2D eigenvalue weighted by Gasteiger charge is -2.25. The first-order valence-electron chi connectivity index (χ1n) is 17.0. The molecule has 1 aliphatic heterocycles. The molecule has 0 amide bonds. The summed E-state index contributed by atoms with van der Waals surface area (Å²) in [5.74, 6) is 1.06. The summed E-state index contributed by atoms with van der Waals surface area (Å²) in [5, 5.41) is 0. The number of rotatable bonds is 13. The molecule has 0 aliphatic carbocycles. The van der Waals surface area contributed by atoms with Crippen LogP contribution in [0.1, 0.15) is 65.0 Å². The minimum absolute atomic E-state index is 0.0471. The first-order chi connectivity index (χ1) is 23.5. The van der Waals surface area contributed by atoms with Crippen LogP contribution in [-0.2, 0) is 41.5 Å². The number of esters is 2. The second-order valence-corrected chi connectivity index (χ2v) is 12.6. The fourth-order valence-corrected chi connectivity index (χ4v) is 6.06. The first kappa shape index (κ1) is 39.8. The maximum atomic E-state index is 12.0. The number of unbranched alkanes of at least 4 members (excludes halogenated alkanes) is 3. The monoisotopic (exact) mass is 690 g/mol. The average molecular weight is 691 g/mol. The van der Waals surface area contributed by atoms with Crippen LogP contribution < -0.4 is 0 Å². The van der Waals surface area contributed by atoms with E-state index in [2.05, 4.69) is 26.7 Å². The van der Waals surface area contributed by atoms with Crippen molar-refractivity contribution in [3.05, 3.63) is 59.2 Å². The van der Waals surface area contributed by atoms with Crippen molar-refractivity contribution in [3.63, 3.8) is 0 Å². The zero-order valence-electron chi connectivity index (χ0n) is 28.9. The molecule has 0 saturated carbocycles. The Morgan fingerprint density at radius 1 is 0.750 bits per heavy atom. The van der Waals surface area contributed by atoms with Gasteiger partial charge in [0.15, 0.2) is 0 Å². The molecular formula is C35H54N4O8S. The number of thioether (sulfide) groups is 1. The summed E-state index contributed by atoms with van der Waals surface area (Å²) in [5.41, 5.74) is 2.14. The van der Waals surface area contributed by atoms with Crippen LogP contribution in [0.2, 0.25) is 0 Å². The second-order valence-electron chi connectivity index (χ2n) is 11.5. The first-order valence-corrected chi connectivity index (χ1v) is 18.1. The van der Waals surface area contributed by atoms with Gasteiger partial charge >= 0.3 is 11.9 Å². The molecule has 3 rings (SSSR count). The predicted molar refractivity (Wildman–Crippen MR) is 185 cm³/mol. The lowest BCUT2D eigenvalue weighted by Crippen LogP contribution is -2.35. The normalized spacial score (nSPS) is 18.4. The summed E-state index contributed by atoms with van der Waals surface area (Å²) in [6, 6.07) is 10.8. The van der Waals surface area contributed by atoms with Crippen LogP contribution in [-0.4, -0.2) is 136 Å². The van der Waals surface area contributed by atoms with Gasteiger partial charge in [0, 0.05) is 45.0 Å². The van der Waals surface area contributed by atoms with Crippen molar-refractivity contribution in [1.82, 2.24) is 19.8 Å². The highest BCUT2D eigenvalue weighted by molar-refractivity contribution is 7.99. The van der Waals surface area contributed by atoms with Crippen LogP contribution in [0.25, 0.3) is 0 Å². The van der Waals surface area contributed by atoms with Gasteiger partial charge in [0.1, 0.15) is 11.4 Å². The molecule has 48 heavy (non-hydrogen) atoms. The molecule has 1 saturated heterocycles. The SMILES string of the molecule is CCCCCCSC[C@@H]1COCCN(Cc2cccc(C(=O)OC)n2)CCOCCOCCN(Cc2cccc(C(=O)OC)n2)CCO1. The van der Waals surface area contributed by atoms with E-state index >= 15 is 0 Å². The molecule has 0 N–H and O–H groups in total. The van der Waals surface area contributed by atoms with Crippen LogP contribution in [0.3, 0.4) is 0 Å². The van der Waals surface area contributed by atoms with Gasteiger partial charge in [-0.2, -0.15) is 11.8 Å². The van der Waals surface area contributed by atoms with Crippen LogP contribution >= 0.6 is 11.8 Å². The smallest absolute Gasteiger partial charge is 0.356 e. The summed E-state index contributed by atoms with van der Waals surface area (Å²) < 4.78 is 34.1. The van der Waals surface area contributed by atoms with Gasteiger partial charge in [-0.25, -0.2) is 19.6 Å². The number of aromatic nitrogens is 2. The molecule has 13 heteroatoms. The van der Waals surface area contributed by atoms with Crippen molar-refractivity contribution in [2.24, 2.45) is 0 Å². The lowest BCUT2D eigenvalue weighted by molar-refractivity contribution is -0.0238. The van der Waals surface area contributed by atoms with E-state index in [0.29, 0.717) is 91.2 Å². The van der Waals surface area contributed by atoms with E-state index in [9.17, 15) is 9.59 Å². The van der Waals surface area contributed by atoms with Crippen molar-refractivity contribution >= 4 is 23.7 Å². The zero-order valence-corrected chi connectivity index (χ0v) is 29.8. The topological polar surface area (TPSA) is 122 Å². The fraction of sp³-hybridized carbons (Fsp3) is 0.657. The number of pyridine rings is 2. The molecule has 0 bridgehead atoms. The van der Waals surface area contributed by atoms with Crippen molar-refractivity contribution in [2.75, 3.05) is 98.2 Å². The van der Waals surface area contributed by atoms with Crippen LogP contribution in [0.5, 0.6) is 0 Å². The molecule has 0 radical (unpaired) electrons. The van der Waals surface area contributed by atoms with E-state index in [1.165, 1.54) is 39.9 Å². The number of carbonyl (C=O) groups excluding carboxylic acids is 2. The number of hydrogen-bond donors (Lipinski definition) is 0. The van der Waals surface area contributed by atoms with Gasteiger partial charge in [-0.1, -0.05) is 38.3 Å². The Bertz CT molecular complexity index is 1190. The van der Waals surface area contributed by atoms with Crippen LogP contribution in [0, 0.1) is 0 Å². The maximum Gasteiger partial charge on any atom is 0.356 e. The van der Waals surface area contributed by atoms with Gasteiger partial charge in [0.25, 0.3) is 0 Å². The number of hydrogen-bond acceptors (Lipinski definition) is 13. The van der Waals surface area contributed by atoms with E-state index in [4.69, 9.17) is 28.4 Å². The van der Waals surface area contributed by atoms with Crippen molar-refractivity contribution in [2.45, 2.75) is 51.8 Å². The number of ether oxygens (including phenoxy) is 6. The van der Waals surface area contributed by atoms with E-state index in [-0.39, 0.29) is 11.8 Å². The zero-order chi connectivity index (χ0) is 34.2. The van der Waals surface area contributed by atoms with Gasteiger partial charge in [0.05, 0.1) is 78.0 Å². The van der Waals surface area contributed by atoms with Gasteiger partial charge in [-0.05, 0) is 36.4 Å². The Kier molecular flexibility index (Phi) is 20.3. The fourth-order valence-electron chi connectivity index (χ4n) is 5.03. The van der Waals surface area contributed by atoms with Gasteiger partial charge in [0.2, 0.25) is 0 Å². The largest absolute Gasteiger partial charge is 0.464 e. The minimum Gasteiger partial charge on any atom is -0.464 e. The summed E-state index contributed by atoms with van der Waals surface area (Å²) >= 11 is 1.92. The highest BCUT2D eigenvalue weighted by atomic mass is 32.2. The third-order valence-corrected chi connectivity index (χ3v) is 8.90. The van der Waals surface area contributed by atoms with E-state index in [1.807, 2.05) is 36.0 Å². The van der Waals surface area contributed by atoms with E-state index in [0.717, 1.165) is 22.9 Å². The summed E-state index contributed by atoms with van der Waals surface area (Å²) in [6.45, 7) is 9.56. The molecule has 2 aromatic heterocycles. The van der Waals surface area contributed by atoms with Gasteiger partial charge in [-0.3, -0.25) is 9.80 Å². The number of carbonyl (C=O) groups is 2. The quantitative estimate of drug-likeness (QED) is 0.222. The molecule has 3 heterocycles. The van der Waals surface area contributed by atoms with Crippen LogP contribution in [0.15, 0.2) is 36.4 Å². The maximum absolute atomic E-state index is 12.0. The molecule has 0 aromatic carbocycles. The number of nitrogens with zero attached hydrogens (tertiary/aromatic N) is 4. The molecule has 1 aliphatic rings. The summed E-state index contributed by atoms with van der Waals surface area (Å²) in [4.78, 5) is 37.5. The van der Waals surface area contributed by atoms with Gasteiger partial charge in [-0.15, -0.1) is 0 Å². The molecule has 12 nitrogen and oxygen atoms in total. The Hall–Kier alpha value is -2.65. The molecule has 1 atom stereocenters. The molecule has 2 aromatic rings. The molecular weight excluding hydrogens is 636 g/mol. The standard InChI is InChI=1S/C35H54N4O8S/c1-4-5-6-7-24-48-28-31-27-46-20-16-38(25-29-10-8-12-32(36-29)34(40)42-2)14-18-44-22-23-45-19-15-39(17-21-47-31)26-30-11-9-13-33(37-30)35(41)43-3/h8-13,31H,4-7,14-28H2,1-3H3/t31-/m0/s1. The highest BCUT2D eigenvalue weighted by Crippen LogP contribution is 2.13. The van der Waals surface area contributed by atoms with Crippen molar-refractivity contribution in [1.29, 1.82) is 0 Å². The summed E-state index contributed by atoms with van der Waals surface area (Å²) in [7, 11) is 2.71. The van der Waals surface area contributed by atoms with E-state index < -0.39 is 11.9 Å². The third-order valence-electron chi connectivity index (χ3n) is 7.71. The second kappa shape index (κ2) is 24.5. The Morgan fingerprint density at radius 2 is 1.29 bits per heavy atom. The number of methoxy groups -OCH3 is 2. The predicted octanol–water partition coefficient (Wildman–Crippen LogP) is 4.12. The third kappa shape index (κ3) is 16.2. The molecule has 0 unspecified atom stereocenters. The minimum atomic E-state index is -0.454. The average Bonchev–Trinajstić information content (AvgIpc) is 3.11. The molecule has 1 fully saturated rings. The highest BCUT2D eigenvalue weighted by Gasteiger charge is 2.16. The lowest BCUT2D eigenvalue weighted by atomic mass is 10.2. The molecule has 0 spiro atoms. The van der Waals surface area contributed by atoms with Crippen molar-refractivity contribution < 1.29 is 38.0 Å². The van der Waals surface area contributed by atoms with E-state index in [1.54, 1.807) is 12.1 Å². The Balaban J connectivity index is 1.62. The van der Waals surface area contributed by atoms with Gasteiger partial charge < -0.3 is 28.4 Å². The van der Waals surface area contributed by atoms with Crippen LogP contribution in [0.4, 0.5) is 0 Å². The Labute approximate surface area is 290 Å². The van der Waals surface area contributed by atoms with Crippen molar-refractivity contribution in [3.8, 4) is 0 Å².